The number of halogens is 3. The fraction of sp³-hybridized carbons (Fsp3) is 0.222. The van der Waals surface area contributed by atoms with Gasteiger partial charge in [0, 0.05) is 5.39 Å². The molecule has 0 radical (unpaired) electrons. The smallest absolute Gasteiger partial charge is 0.289 e. The highest BCUT2D eigenvalue weighted by molar-refractivity contribution is 5.84. The number of hydrogen-bond donors (Lipinski definition) is 0. The van der Waals surface area contributed by atoms with Crippen LogP contribution in [0.5, 0.6) is 0 Å². The number of carbonyl (C=O) groups is 1. The maximum atomic E-state index is 13.1. The van der Waals surface area contributed by atoms with E-state index in [0.29, 0.717) is 16.4 Å². The van der Waals surface area contributed by atoms with Crippen molar-refractivity contribution >= 4 is 17.2 Å². The third-order valence-electron chi connectivity index (χ3n) is 2.07. The molecular formula is C9H6F3N3O. The van der Waals surface area contributed by atoms with E-state index in [1.807, 2.05) is 0 Å². The zero-order valence-corrected chi connectivity index (χ0v) is 7.85. The van der Waals surface area contributed by atoms with Gasteiger partial charge in [-0.3, -0.25) is 9.78 Å². The second-order valence-electron chi connectivity index (χ2n) is 3.08. The molecule has 0 aliphatic rings. The lowest BCUT2D eigenvalue weighted by Crippen LogP contribution is -2.13. The third-order valence-corrected chi connectivity index (χ3v) is 2.07. The number of carbonyl (C=O) groups excluding carboxylic acids is 1. The summed E-state index contributed by atoms with van der Waals surface area (Å²) in [6.45, 7) is 0. The van der Waals surface area contributed by atoms with E-state index in [0.717, 1.165) is 6.20 Å². The van der Waals surface area contributed by atoms with Gasteiger partial charge in [-0.15, -0.1) is 0 Å². The molecule has 0 saturated carbocycles. The minimum atomic E-state index is -3.16. The summed E-state index contributed by atoms with van der Waals surface area (Å²) in [6, 6.07) is 1.35. The SMILES string of the molecule is O=Cc1cc2cnn(C(F)C(F)F)c2cn1. The van der Waals surface area contributed by atoms with E-state index < -0.39 is 12.7 Å². The van der Waals surface area contributed by atoms with Crippen molar-refractivity contribution in [3.8, 4) is 0 Å². The zero-order chi connectivity index (χ0) is 11.7. The minimum absolute atomic E-state index is 0.124. The second-order valence-corrected chi connectivity index (χ2v) is 3.08. The maximum Gasteiger partial charge on any atom is 0.289 e. The van der Waals surface area contributed by atoms with Gasteiger partial charge >= 0.3 is 0 Å². The molecule has 1 unspecified atom stereocenters. The number of rotatable bonds is 3. The standard InChI is InChI=1S/C9H6F3N3O/c10-8(11)9(12)15-7-3-13-6(4-16)1-5(7)2-14-15/h1-4,8-9H. The van der Waals surface area contributed by atoms with Crippen LogP contribution in [0.1, 0.15) is 16.8 Å². The largest absolute Gasteiger partial charge is 0.296 e. The van der Waals surface area contributed by atoms with Gasteiger partial charge in [-0.1, -0.05) is 0 Å². The molecule has 1 atom stereocenters. The van der Waals surface area contributed by atoms with Crippen molar-refractivity contribution in [3.05, 3.63) is 24.2 Å². The highest BCUT2D eigenvalue weighted by Crippen LogP contribution is 2.22. The van der Waals surface area contributed by atoms with Crippen LogP contribution < -0.4 is 0 Å². The van der Waals surface area contributed by atoms with Crippen LogP contribution in [-0.4, -0.2) is 27.5 Å². The fourth-order valence-corrected chi connectivity index (χ4v) is 1.33. The number of nitrogens with zero attached hydrogens (tertiary/aromatic N) is 3. The Kier molecular flexibility index (Phi) is 2.59. The molecule has 4 nitrogen and oxygen atoms in total. The van der Waals surface area contributed by atoms with Gasteiger partial charge in [-0.25, -0.2) is 17.9 Å². The van der Waals surface area contributed by atoms with E-state index in [9.17, 15) is 18.0 Å². The molecule has 7 heteroatoms. The number of pyridine rings is 1. The van der Waals surface area contributed by atoms with Crippen molar-refractivity contribution in [2.45, 2.75) is 12.7 Å². The normalized spacial score (nSPS) is 13.2. The molecule has 84 valence electrons. The van der Waals surface area contributed by atoms with Gasteiger partial charge in [-0.05, 0) is 6.07 Å². The van der Waals surface area contributed by atoms with Gasteiger partial charge in [0.25, 0.3) is 12.7 Å². The number of aldehydes is 1. The maximum absolute atomic E-state index is 13.1. The Morgan fingerprint density at radius 3 is 2.69 bits per heavy atom. The van der Waals surface area contributed by atoms with Crippen molar-refractivity contribution in [1.82, 2.24) is 14.8 Å². The lowest BCUT2D eigenvalue weighted by molar-refractivity contribution is 0.00341. The molecule has 2 aromatic rings. The van der Waals surface area contributed by atoms with Crippen LogP contribution >= 0.6 is 0 Å². The molecule has 2 heterocycles. The molecule has 0 amide bonds. The van der Waals surface area contributed by atoms with Crippen molar-refractivity contribution in [2.24, 2.45) is 0 Å². The Labute approximate surface area is 87.7 Å². The first-order chi connectivity index (χ1) is 7.63. The monoisotopic (exact) mass is 229 g/mol. The number of alkyl halides is 3. The fourth-order valence-electron chi connectivity index (χ4n) is 1.33. The predicted octanol–water partition coefficient (Wildman–Crippen LogP) is 1.98. The van der Waals surface area contributed by atoms with E-state index in [1.165, 1.54) is 12.3 Å². The summed E-state index contributed by atoms with van der Waals surface area (Å²) in [5.74, 6) is 0. The van der Waals surface area contributed by atoms with Crippen LogP contribution in [-0.2, 0) is 0 Å². The first kappa shape index (κ1) is 10.6. The topological polar surface area (TPSA) is 47.8 Å². The summed E-state index contributed by atoms with van der Waals surface area (Å²) in [5, 5.41) is 3.89. The van der Waals surface area contributed by atoms with Gasteiger partial charge in [0.2, 0.25) is 0 Å². The molecule has 0 aromatic carbocycles. The first-order valence-corrected chi connectivity index (χ1v) is 4.34. The molecule has 0 N–H and O–H groups in total. The highest BCUT2D eigenvalue weighted by atomic mass is 19.3. The Hall–Kier alpha value is -1.92. The average molecular weight is 229 g/mol. The molecule has 2 rings (SSSR count). The Balaban J connectivity index is 2.53. The molecule has 0 aliphatic heterocycles. The molecule has 0 spiro atoms. The molecule has 0 fully saturated rings. The summed E-state index contributed by atoms with van der Waals surface area (Å²) in [6.07, 6.45) is -2.81. The second kappa shape index (κ2) is 3.92. The molecule has 0 aliphatic carbocycles. The van der Waals surface area contributed by atoms with Crippen molar-refractivity contribution in [3.63, 3.8) is 0 Å². The van der Waals surface area contributed by atoms with Gasteiger partial charge in [0.15, 0.2) is 6.29 Å². The molecular weight excluding hydrogens is 223 g/mol. The summed E-state index contributed by atoms with van der Waals surface area (Å²) in [5.41, 5.74) is 0.262. The summed E-state index contributed by atoms with van der Waals surface area (Å²) in [7, 11) is 0. The van der Waals surface area contributed by atoms with Crippen LogP contribution in [0, 0.1) is 0 Å². The van der Waals surface area contributed by atoms with E-state index in [-0.39, 0.29) is 11.2 Å². The molecule has 0 bridgehead atoms. The predicted molar refractivity (Wildman–Crippen MR) is 49.1 cm³/mol. The van der Waals surface area contributed by atoms with Crippen molar-refractivity contribution < 1.29 is 18.0 Å². The van der Waals surface area contributed by atoms with Crippen LogP contribution in [0.2, 0.25) is 0 Å². The Morgan fingerprint density at radius 2 is 2.06 bits per heavy atom. The minimum Gasteiger partial charge on any atom is -0.296 e. The molecule has 0 saturated heterocycles. The molecule has 2 aromatic heterocycles. The third kappa shape index (κ3) is 1.64. The lowest BCUT2D eigenvalue weighted by atomic mass is 10.3. The van der Waals surface area contributed by atoms with Crippen LogP contribution in [0.4, 0.5) is 13.2 Å². The van der Waals surface area contributed by atoms with Gasteiger partial charge in [-0.2, -0.15) is 5.10 Å². The molecule has 16 heavy (non-hydrogen) atoms. The number of hydrogen-bond acceptors (Lipinski definition) is 3. The van der Waals surface area contributed by atoms with Gasteiger partial charge in [0.1, 0.15) is 5.69 Å². The summed E-state index contributed by atoms with van der Waals surface area (Å²) >= 11 is 0. The van der Waals surface area contributed by atoms with Crippen LogP contribution in [0.3, 0.4) is 0 Å². The summed E-state index contributed by atoms with van der Waals surface area (Å²) < 4.78 is 37.9. The number of fused-ring (bicyclic) bond motifs is 1. The van der Waals surface area contributed by atoms with Gasteiger partial charge in [0.05, 0.1) is 17.9 Å². The zero-order valence-electron chi connectivity index (χ0n) is 7.85. The van der Waals surface area contributed by atoms with Crippen molar-refractivity contribution in [2.75, 3.05) is 0 Å². The Morgan fingerprint density at radius 1 is 1.31 bits per heavy atom. The average Bonchev–Trinajstić information content (AvgIpc) is 2.70. The van der Waals surface area contributed by atoms with E-state index in [4.69, 9.17) is 0 Å². The Bertz CT molecular complexity index is 526. The lowest BCUT2D eigenvalue weighted by Gasteiger charge is -2.07. The van der Waals surface area contributed by atoms with E-state index >= 15 is 0 Å². The van der Waals surface area contributed by atoms with Crippen molar-refractivity contribution in [1.29, 1.82) is 0 Å². The van der Waals surface area contributed by atoms with Crippen LogP contribution in [0.25, 0.3) is 10.9 Å². The highest BCUT2D eigenvalue weighted by Gasteiger charge is 2.23. The van der Waals surface area contributed by atoms with E-state index in [2.05, 4.69) is 10.1 Å². The van der Waals surface area contributed by atoms with E-state index in [1.54, 1.807) is 0 Å². The first-order valence-electron chi connectivity index (χ1n) is 4.34. The van der Waals surface area contributed by atoms with Crippen LogP contribution in [0.15, 0.2) is 18.5 Å². The summed E-state index contributed by atoms with van der Waals surface area (Å²) in [4.78, 5) is 14.1. The van der Waals surface area contributed by atoms with Gasteiger partial charge < -0.3 is 0 Å². The number of aromatic nitrogens is 3. The quantitative estimate of drug-likeness (QED) is 0.756.